The number of nitrogens with one attached hydrogen (secondary N) is 2. The van der Waals surface area contributed by atoms with Crippen molar-refractivity contribution in [2.45, 2.75) is 52.1 Å². The fourth-order valence-electron chi connectivity index (χ4n) is 3.73. The second-order valence-corrected chi connectivity index (χ2v) is 9.18. The molecule has 0 bridgehead atoms. The van der Waals surface area contributed by atoms with Gasteiger partial charge in [0, 0.05) is 4.88 Å². The van der Waals surface area contributed by atoms with Crippen molar-refractivity contribution >= 4 is 29.2 Å². The van der Waals surface area contributed by atoms with Crippen LogP contribution in [0, 0.1) is 5.92 Å². The maximum Gasteiger partial charge on any atom is 0.325 e. The molecule has 0 radical (unpaired) electrons. The minimum absolute atomic E-state index is 0.157. The highest BCUT2D eigenvalue weighted by Crippen LogP contribution is 2.30. The fraction of sp³-hybridized carbons (Fsp3) is 0.435. The number of hydrogen-bond acceptors (Lipinski definition) is 4. The first-order valence-corrected chi connectivity index (χ1v) is 11.2. The zero-order valence-corrected chi connectivity index (χ0v) is 18.7. The third-order valence-electron chi connectivity index (χ3n) is 5.48. The van der Waals surface area contributed by atoms with Crippen LogP contribution in [-0.2, 0) is 21.5 Å². The highest BCUT2D eigenvalue weighted by atomic mass is 32.1. The third-order valence-corrected chi connectivity index (χ3v) is 6.43. The monoisotopic (exact) mass is 427 g/mol. The molecule has 2 aromatic rings. The summed E-state index contributed by atoms with van der Waals surface area (Å²) in [6, 6.07) is 10.9. The summed E-state index contributed by atoms with van der Waals surface area (Å²) in [6.07, 6.45) is 2.00. The molecule has 2 N–H and O–H groups in total. The van der Waals surface area contributed by atoms with Gasteiger partial charge in [-0.25, -0.2) is 4.79 Å². The summed E-state index contributed by atoms with van der Waals surface area (Å²) in [4.78, 5) is 40.4. The Bertz CT molecular complexity index is 908. The molecule has 1 fully saturated rings. The van der Waals surface area contributed by atoms with Crippen LogP contribution < -0.4 is 10.6 Å². The average molecular weight is 428 g/mol. The lowest BCUT2D eigenvalue weighted by molar-refractivity contribution is -0.135. The van der Waals surface area contributed by atoms with Crippen LogP contribution in [0.5, 0.6) is 0 Å². The van der Waals surface area contributed by atoms with Gasteiger partial charge in [0.1, 0.15) is 12.1 Å². The van der Waals surface area contributed by atoms with Gasteiger partial charge >= 0.3 is 6.03 Å². The van der Waals surface area contributed by atoms with Crippen molar-refractivity contribution in [3.63, 3.8) is 0 Å². The molecule has 1 aliphatic rings. The van der Waals surface area contributed by atoms with Gasteiger partial charge in [-0.15, -0.1) is 11.3 Å². The van der Waals surface area contributed by atoms with E-state index in [-0.39, 0.29) is 24.4 Å². The zero-order valence-electron chi connectivity index (χ0n) is 17.9. The number of imide groups is 1. The van der Waals surface area contributed by atoms with Gasteiger partial charge in [-0.1, -0.05) is 57.5 Å². The Kier molecular flexibility index (Phi) is 6.61. The number of thiophene rings is 1. The van der Waals surface area contributed by atoms with Gasteiger partial charge in [0.05, 0.1) is 6.04 Å². The van der Waals surface area contributed by atoms with Crippen LogP contribution in [-0.4, -0.2) is 29.3 Å². The Balaban J connectivity index is 1.72. The normalized spacial score (nSPS) is 19.8. The smallest absolute Gasteiger partial charge is 0.325 e. The molecule has 1 saturated heterocycles. The van der Waals surface area contributed by atoms with E-state index >= 15 is 0 Å². The maximum atomic E-state index is 13.1. The van der Waals surface area contributed by atoms with Crippen molar-refractivity contribution in [2.24, 2.45) is 5.92 Å². The van der Waals surface area contributed by atoms with E-state index in [0.29, 0.717) is 5.56 Å². The molecular formula is C23H29N3O3S. The Hall–Kier alpha value is -2.67. The van der Waals surface area contributed by atoms with Crippen molar-refractivity contribution in [3.05, 3.63) is 57.8 Å². The van der Waals surface area contributed by atoms with Crippen LogP contribution in [0.2, 0.25) is 0 Å². The predicted octanol–water partition coefficient (Wildman–Crippen LogP) is 3.98. The first kappa shape index (κ1) is 22.0. The molecule has 4 amide bonds. The minimum Gasteiger partial charge on any atom is -0.347 e. The molecular weight excluding hydrogens is 398 g/mol. The van der Waals surface area contributed by atoms with E-state index in [1.165, 1.54) is 5.56 Å². The Morgan fingerprint density at radius 3 is 2.47 bits per heavy atom. The lowest BCUT2D eigenvalue weighted by atomic mass is 9.91. The molecule has 3 rings (SSSR count). The number of nitrogens with zero attached hydrogens (tertiary/aromatic N) is 1. The van der Waals surface area contributed by atoms with E-state index in [0.717, 1.165) is 22.6 Å². The largest absolute Gasteiger partial charge is 0.347 e. The average Bonchev–Trinajstić information content (AvgIpc) is 3.30. The second kappa shape index (κ2) is 9.00. The number of aryl methyl sites for hydroxylation is 1. The molecule has 2 atom stereocenters. The highest BCUT2D eigenvalue weighted by molar-refractivity contribution is 7.10. The summed E-state index contributed by atoms with van der Waals surface area (Å²) in [6.45, 7) is 7.54. The van der Waals surface area contributed by atoms with E-state index < -0.39 is 17.5 Å². The topological polar surface area (TPSA) is 78.5 Å². The van der Waals surface area contributed by atoms with Crippen LogP contribution in [0.1, 0.15) is 56.2 Å². The molecule has 0 saturated carbocycles. The van der Waals surface area contributed by atoms with Crippen LogP contribution in [0.25, 0.3) is 0 Å². The van der Waals surface area contributed by atoms with Gasteiger partial charge in [-0.2, -0.15) is 0 Å². The molecule has 1 aromatic carbocycles. The second-order valence-electron chi connectivity index (χ2n) is 8.20. The van der Waals surface area contributed by atoms with Crippen molar-refractivity contribution in [2.75, 3.05) is 6.54 Å². The van der Waals surface area contributed by atoms with Crippen LogP contribution in [0.3, 0.4) is 0 Å². The Morgan fingerprint density at radius 1 is 1.20 bits per heavy atom. The summed E-state index contributed by atoms with van der Waals surface area (Å²) in [7, 11) is 0. The van der Waals surface area contributed by atoms with Crippen molar-refractivity contribution in [1.29, 1.82) is 0 Å². The molecule has 160 valence electrons. The fourth-order valence-corrected chi connectivity index (χ4v) is 4.68. The molecule has 0 aliphatic carbocycles. The number of benzene rings is 1. The van der Waals surface area contributed by atoms with Gasteiger partial charge in [0.25, 0.3) is 5.91 Å². The standard InChI is InChI=1S/C23H29N3O3S/c1-5-7-16-9-11-17(12-10-16)23(4)21(28)26(22(29)25-23)14-19(27)24-20(15(2)3)18-8-6-13-30-18/h6,8-13,15,20H,5,7,14H2,1-4H3,(H,24,27)(H,25,29)/t20-,23+/m1/s1. The van der Waals surface area contributed by atoms with E-state index in [2.05, 4.69) is 17.6 Å². The molecule has 7 heteroatoms. The number of carbonyl (C=O) groups is 3. The maximum absolute atomic E-state index is 13.1. The molecule has 0 spiro atoms. The SMILES string of the molecule is CCCc1ccc([C@]2(C)NC(=O)N(CC(=O)N[C@@H](c3cccs3)C(C)C)C2=O)cc1. The number of urea groups is 1. The third kappa shape index (κ3) is 4.41. The van der Waals surface area contributed by atoms with Gasteiger partial charge in [0.2, 0.25) is 5.91 Å². The summed E-state index contributed by atoms with van der Waals surface area (Å²) in [5, 5.41) is 7.70. The number of carbonyl (C=O) groups excluding carboxylic acids is 3. The summed E-state index contributed by atoms with van der Waals surface area (Å²) < 4.78 is 0. The van der Waals surface area contributed by atoms with E-state index in [1.807, 2.05) is 55.6 Å². The van der Waals surface area contributed by atoms with Crippen molar-refractivity contribution < 1.29 is 14.4 Å². The van der Waals surface area contributed by atoms with Crippen molar-refractivity contribution in [1.82, 2.24) is 15.5 Å². The Labute approximate surface area is 181 Å². The molecule has 0 unspecified atom stereocenters. The number of amides is 4. The molecule has 1 aliphatic heterocycles. The highest BCUT2D eigenvalue weighted by Gasteiger charge is 2.49. The quantitative estimate of drug-likeness (QED) is 0.626. The van der Waals surface area contributed by atoms with Crippen LogP contribution in [0.15, 0.2) is 41.8 Å². The first-order valence-electron chi connectivity index (χ1n) is 10.3. The molecule has 1 aromatic heterocycles. The van der Waals surface area contributed by atoms with E-state index in [1.54, 1.807) is 18.3 Å². The van der Waals surface area contributed by atoms with Gasteiger partial charge in [-0.05, 0) is 41.8 Å². The molecule has 6 nitrogen and oxygen atoms in total. The van der Waals surface area contributed by atoms with Crippen LogP contribution in [0.4, 0.5) is 4.79 Å². The summed E-state index contributed by atoms with van der Waals surface area (Å²) >= 11 is 1.57. The van der Waals surface area contributed by atoms with E-state index in [9.17, 15) is 14.4 Å². The lowest BCUT2D eigenvalue weighted by Crippen LogP contribution is -2.44. The lowest BCUT2D eigenvalue weighted by Gasteiger charge is -2.24. The summed E-state index contributed by atoms with van der Waals surface area (Å²) in [5.74, 6) is -0.584. The predicted molar refractivity (Wildman–Crippen MR) is 118 cm³/mol. The minimum atomic E-state index is -1.17. The number of rotatable bonds is 8. The number of hydrogen-bond donors (Lipinski definition) is 2. The van der Waals surface area contributed by atoms with Crippen LogP contribution >= 0.6 is 11.3 Å². The van der Waals surface area contributed by atoms with Gasteiger partial charge < -0.3 is 10.6 Å². The summed E-state index contributed by atoms with van der Waals surface area (Å²) in [5.41, 5.74) is 0.723. The van der Waals surface area contributed by atoms with E-state index in [4.69, 9.17) is 0 Å². The van der Waals surface area contributed by atoms with Gasteiger partial charge in [0.15, 0.2) is 0 Å². The van der Waals surface area contributed by atoms with Gasteiger partial charge in [-0.3, -0.25) is 14.5 Å². The molecule has 30 heavy (non-hydrogen) atoms. The Morgan fingerprint density at radius 2 is 1.90 bits per heavy atom. The van der Waals surface area contributed by atoms with Crippen molar-refractivity contribution in [3.8, 4) is 0 Å². The first-order chi connectivity index (χ1) is 14.3. The molecule has 2 heterocycles. The zero-order chi connectivity index (χ0) is 21.9.